The average Bonchev–Trinajstić information content (AvgIpc) is 3.93. The molecule has 0 spiro atoms. The third-order valence-electron chi connectivity index (χ3n) is 10.2. The van der Waals surface area contributed by atoms with Gasteiger partial charge in [0, 0.05) is 54.9 Å². The van der Waals surface area contributed by atoms with E-state index in [9.17, 15) is 9.18 Å². The summed E-state index contributed by atoms with van der Waals surface area (Å²) in [6.07, 6.45) is 4.41. The molecule has 0 radical (unpaired) electrons. The SMILES string of the molecule is [C-]#[N+]C[C@H]1CN(c2nc(OCC3(CN(C)C4CC4)COC3)nc3c2C[C@H](C)N(c2cccc4ccc(F)c(Cl)c24)C3)CCN1C(=O)C=C. The van der Waals surface area contributed by atoms with Crippen molar-refractivity contribution in [2.24, 2.45) is 5.41 Å². The highest BCUT2D eigenvalue weighted by atomic mass is 35.5. The number of fused-ring (bicyclic) bond motifs is 2. The number of aromatic nitrogens is 2. The van der Waals surface area contributed by atoms with E-state index in [1.165, 1.54) is 25.0 Å². The fourth-order valence-electron chi connectivity index (χ4n) is 7.46. The number of carbonyl (C=O) groups excluding carboxylic acids is 1. The van der Waals surface area contributed by atoms with Crippen LogP contribution in [-0.4, -0.2) is 103 Å². The quantitative estimate of drug-likeness (QED) is 0.220. The minimum Gasteiger partial charge on any atom is -0.463 e. The Hall–Kier alpha value is -3.98. The van der Waals surface area contributed by atoms with Crippen molar-refractivity contribution in [1.82, 2.24) is 19.8 Å². The Morgan fingerprint density at radius 2 is 2.08 bits per heavy atom. The molecule has 1 aromatic heterocycles. The van der Waals surface area contributed by atoms with E-state index in [-0.39, 0.29) is 35.0 Å². The Bertz CT molecular complexity index is 1770. The van der Waals surface area contributed by atoms with Crippen molar-refractivity contribution in [3.05, 3.63) is 76.5 Å². The van der Waals surface area contributed by atoms with E-state index in [1.54, 1.807) is 11.0 Å². The van der Waals surface area contributed by atoms with Crippen LogP contribution in [0.25, 0.3) is 15.6 Å². The van der Waals surface area contributed by atoms with Crippen molar-refractivity contribution in [3.8, 4) is 6.01 Å². The Kier molecular flexibility index (Phi) is 8.92. The highest BCUT2D eigenvalue weighted by Gasteiger charge is 2.43. The first kappa shape index (κ1) is 32.6. The molecule has 48 heavy (non-hydrogen) atoms. The van der Waals surface area contributed by atoms with E-state index in [0.717, 1.165) is 34.7 Å². The van der Waals surface area contributed by atoms with Gasteiger partial charge in [-0.1, -0.05) is 36.4 Å². The van der Waals surface area contributed by atoms with Crippen molar-refractivity contribution < 1.29 is 18.7 Å². The summed E-state index contributed by atoms with van der Waals surface area (Å²) < 4.78 is 26.9. The fourth-order valence-corrected chi connectivity index (χ4v) is 7.72. The molecule has 1 amide bonds. The molecule has 12 heteroatoms. The summed E-state index contributed by atoms with van der Waals surface area (Å²) in [7, 11) is 2.17. The lowest BCUT2D eigenvalue weighted by molar-refractivity contribution is -0.143. The maximum absolute atomic E-state index is 14.7. The second-order valence-electron chi connectivity index (χ2n) is 13.8. The first-order chi connectivity index (χ1) is 23.2. The number of halogens is 2. The molecule has 252 valence electrons. The van der Waals surface area contributed by atoms with Gasteiger partial charge in [-0.05, 0) is 56.8 Å². The van der Waals surface area contributed by atoms with Crippen molar-refractivity contribution in [3.63, 3.8) is 0 Å². The smallest absolute Gasteiger partial charge is 0.318 e. The third kappa shape index (κ3) is 6.17. The van der Waals surface area contributed by atoms with Gasteiger partial charge in [0.15, 0.2) is 0 Å². The maximum atomic E-state index is 14.7. The lowest BCUT2D eigenvalue weighted by atomic mass is 9.86. The first-order valence-electron chi connectivity index (χ1n) is 16.7. The van der Waals surface area contributed by atoms with Crippen LogP contribution >= 0.6 is 11.6 Å². The van der Waals surface area contributed by atoms with E-state index in [2.05, 4.69) is 40.1 Å². The Balaban J connectivity index is 1.24. The summed E-state index contributed by atoms with van der Waals surface area (Å²) in [4.78, 5) is 34.9. The van der Waals surface area contributed by atoms with Crippen molar-refractivity contribution in [2.45, 2.75) is 50.9 Å². The molecule has 3 aromatic rings. The zero-order valence-electron chi connectivity index (χ0n) is 27.5. The zero-order valence-corrected chi connectivity index (χ0v) is 28.3. The predicted octanol–water partition coefficient (Wildman–Crippen LogP) is 4.99. The highest BCUT2D eigenvalue weighted by molar-refractivity contribution is 6.36. The summed E-state index contributed by atoms with van der Waals surface area (Å²) in [5, 5.41) is 1.65. The van der Waals surface area contributed by atoms with Crippen molar-refractivity contribution in [2.75, 3.05) is 69.4 Å². The maximum Gasteiger partial charge on any atom is 0.318 e. The van der Waals surface area contributed by atoms with Gasteiger partial charge in [0.05, 0.1) is 35.9 Å². The molecule has 2 atom stereocenters. The summed E-state index contributed by atoms with van der Waals surface area (Å²) in [5.74, 6) is 0.153. The highest BCUT2D eigenvalue weighted by Crippen LogP contribution is 2.40. The van der Waals surface area contributed by atoms with Crippen LogP contribution < -0.4 is 14.5 Å². The summed E-state index contributed by atoms with van der Waals surface area (Å²) in [6, 6.07) is 9.70. The number of piperazine rings is 1. The number of anilines is 2. The minimum atomic E-state index is -0.453. The van der Waals surface area contributed by atoms with Gasteiger partial charge in [-0.2, -0.15) is 9.97 Å². The fraction of sp³-hybridized carbons (Fsp3) is 0.500. The van der Waals surface area contributed by atoms with E-state index < -0.39 is 5.82 Å². The van der Waals surface area contributed by atoms with Crippen molar-refractivity contribution >= 4 is 39.8 Å². The Morgan fingerprint density at radius 3 is 2.79 bits per heavy atom. The van der Waals surface area contributed by atoms with Gasteiger partial charge < -0.3 is 33.9 Å². The van der Waals surface area contributed by atoms with E-state index in [0.29, 0.717) is 69.9 Å². The van der Waals surface area contributed by atoms with Crippen LogP contribution in [-0.2, 0) is 22.5 Å². The number of benzene rings is 2. The number of rotatable bonds is 10. The van der Waals surface area contributed by atoms with Crippen LogP contribution in [0.2, 0.25) is 5.02 Å². The molecular weight excluding hydrogens is 633 g/mol. The van der Waals surface area contributed by atoms with Gasteiger partial charge in [0.2, 0.25) is 12.5 Å². The molecule has 4 aliphatic rings. The number of nitrogens with zero attached hydrogens (tertiary/aromatic N) is 7. The molecule has 3 aliphatic heterocycles. The molecule has 2 saturated heterocycles. The molecule has 1 aliphatic carbocycles. The van der Waals surface area contributed by atoms with Gasteiger partial charge >= 0.3 is 6.01 Å². The minimum absolute atomic E-state index is 0.0209. The van der Waals surface area contributed by atoms with Gasteiger partial charge in [0.1, 0.15) is 24.3 Å². The van der Waals surface area contributed by atoms with Crippen LogP contribution in [0.5, 0.6) is 6.01 Å². The van der Waals surface area contributed by atoms with Crippen LogP contribution in [0, 0.1) is 17.8 Å². The van der Waals surface area contributed by atoms with Gasteiger partial charge in [-0.25, -0.2) is 11.0 Å². The molecule has 3 fully saturated rings. The molecule has 0 N–H and O–H groups in total. The molecular formula is C36H41ClFN7O3. The summed E-state index contributed by atoms with van der Waals surface area (Å²) in [6.45, 7) is 18.0. The van der Waals surface area contributed by atoms with Crippen LogP contribution in [0.3, 0.4) is 0 Å². The van der Waals surface area contributed by atoms with Crippen LogP contribution in [0.1, 0.15) is 31.0 Å². The van der Waals surface area contributed by atoms with E-state index >= 15 is 0 Å². The Labute approximate surface area is 285 Å². The third-order valence-corrected chi connectivity index (χ3v) is 10.6. The molecule has 10 nitrogen and oxygen atoms in total. The second kappa shape index (κ2) is 13.1. The topological polar surface area (TPSA) is 78.6 Å². The van der Waals surface area contributed by atoms with Crippen LogP contribution in [0.4, 0.5) is 15.9 Å². The number of hydrogen-bond acceptors (Lipinski definition) is 8. The molecule has 1 saturated carbocycles. The molecule has 4 heterocycles. The number of carbonyl (C=O) groups is 1. The molecule has 2 aromatic carbocycles. The predicted molar refractivity (Wildman–Crippen MR) is 184 cm³/mol. The van der Waals surface area contributed by atoms with E-state index in [1.807, 2.05) is 18.2 Å². The largest absolute Gasteiger partial charge is 0.463 e. The molecule has 0 unspecified atom stereocenters. The number of hydrogen-bond donors (Lipinski definition) is 0. The Morgan fingerprint density at radius 1 is 1.27 bits per heavy atom. The van der Waals surface area contributed by atoms with Crippen LogP contribution in [0.15, 0.2) is 43.0 Å². The monoisotopic (exact) mass is 673 g/mol. The number of ether oxygens (including phenoxy) is 2. The standard InChI is InChI=1S/C36H41ClFN7O3/c1-5-31(46)44-14-13-43(17-26(44)16-39-3)34-27-15-23(2)45(30-8-6-7-24-9-12-28(38)33(37)32(24)30)18-29(27)40-35(41-34)48-22-36(20-47-21-36)19-42(4)25-10-11-25/h5-9,12,23,25-26H,1,10-11,13-22H2,2,4H3/t23-,26-/m0/s1. The molecule has 0 bridgehead atoms. The second-order valence-corrected chi connectivity index (χ2v) is 14.2. The van der Waals surface area contributed by atoms with Gasteiger partial charge in [0.25, 0.3) is 0 Å². The normalized spacial score (nSPS) is 21.9. The lowest BCUT2D eigenvalue weighted by Gasteiger charge is -2.43. The van der Waals surface area contributed by atoms with Gasteiger partial charge in [-0.3, -0.25) is 4.79 Å². The number of amides is 1. The van der Waals surface area contributed by atoms with Gasteiger partial charge in [-0.15, -0.1) is 0 Å². The average molecular weight is 674 g/mol. The zero-order chi connectivity index (χ0) is 33.6. The summed E-state index contributed by atoms with van der Waals surface area (Å²) >= 11 is 6.57. The van der Waals surface area contributed by atoms with Crippen molar-refractivity contribution in [1.29, 1.82) is 0 Å². The molecule has 7 rings (SSSR count). The van der Waals surface area contributed by atoms with E-state index in [4.69, 9.17) is 37.6 Å². The summed E-state index contributed by atoms with van der Waals surface area (Å²) in [5.41, 5.74) is 2.57. The first-order valence-corrected chi connectivity index (χ1v) is 17.0. The lowest BCUT2D eigenvalue weighted by Crippen LogP contribution is -2.56.